The second-order valence-electron chi connectivity index (χ2n) is 11.8. The summed E-state index contributed by atoms with van der Waals surface area (Å²) in [6.45, 7) is 1.92. The van der Waals surface area contributed by atoms with E-state index in [0.29, 0.717) is 12.3 Å². The van der Waals surface area contributed by atoms with E-state index in [2.05, 4.69) is 47.0 Å². The highest BCUT2D eigenvalue weighted by Gasteiger charge is 2.50. The average Bonchev–Trinajstić information content (AvgIpc) is 3.61. The Morgan fingerprint density at radius 3 is 2.24 bits per heavy atom. The number of imidazole rings is 1. The van der Waals surface area contributed by atoms with Crippen molar-refractivity contribution in [3.05, 3.63) is 12.7 Å². The lowest BCUT2D eigenvalue weighted by Gasteiger charge is -2.30. The molecule has 3 rings (SSSR count). The first-order valence-electron chi connectivity index (χ1n) is 15.2. The van der Waals surface area contributed by atoms with Gasteiger partial charge in [-0.25, -0.2) is 33.4 Å². The number of rotatable bonds is 19. The number of hydrogen-bond donors (Lipinski definition) is 12. The number of carbonyl (C=O) groups is 3. The van der Waals surface area contributed by atoms with Crippen LogP contribution in [0.2, 0.25) is 0 Å². The third-order valence-corrected chi connectivity index (χ3v) is 10.2. The number of aliphatic carboxylic acids is 1. The predicted molar refractivity (Wildman–Crippen MR) is 183 cm³/mol. The summed E-state index contributed by atoms with van der Waals surface area (Å²) in [6.07, 6.45) is -7.97. The van der Waals surface area contributed by atoms with Gasteiger partial charge in [-0.05, 0) is 6.92 Å². The number of aromatic nitrogens is 4. The molecule has 3 unspecified atom stereocenters. The predicted octanol–water partition coefficient (Wildman–Crippen LogP) is -2.21. The van der Waals surface area contributed by atoms with Crippen molar-refractivity contribution >= 4 is 70.9 Å². The highest BCUT2D eigenvalue weighted by Crippen LogP contribution is 2.61. The van der Waals surface area contributed by atoms with Crippen LogP contribution in [0.4, 0.5) is 5.82 Å². The molecule has 54 heavy (non-hydrogen) atoms. The minimum absolute atomic E-state index is 0.0363. The van der Waals surface area contributed by atoms with Crippen LogP contribution in [0.3, 0.4) is 0 Å². The zero-order valence-corrected chi connectivity index (χ0v) is 32.2. The van der Waals surface area contributed by atoms with Gasteiger partial charge in [0.05, 0.1) is 19.5 Å². The zero-order valence-electron chi connectivity index (χ0n) is 28.6. The number of ether oxygens (including phenoxy) is 1. The topological polar surface area (TPSA) is 404 Å². The minimum atomic E-state index is -5.54. The number of phosphoric acid groups is 3. The van der Waals surface area contributed by atoms with Gasteiger partial charge in [0.1, 0.15) is 42.4 Å². The molecule has 0 radical (unpaired) electrons. The van der Waals surface area contributed by atoms with E-state index in [0.717, 1.165) is 17.2 Å². The molecule has 308 valence electrons. The molecule has 2 amide bonds. The standard InChI is InChI=1S/C21H36N7O16P3S.C3H6O3/c1-21(2,16(31)19(32)24-4-3-12(29)23-5-6-48)8-41-47(38,39)44-46(36,37)40-7-11-15(43-45(33,34)35)14(30)20(42-11)28-10-27-13-17(22)25-9-26-18(13)28;1-2(4)3(5)6/h9-11,14-16,20,30-31,48H,3-8H2,1-2H3,(H,23,29)(H,24,32)(H,36,37)(H,38,39)(H2,22,25,26)(H2,33,34,35);2,4H,1H3,(H,5,6)/t11-,14-,15-,16+,20-;/m1./s1. The number of amides is 2. The lowest BCUT2D eigenvalue weighted by atomic mass is 9.87. The van der Waals surface area contributed by atoms with Gasteiger partial charge in [-0.15, -0.1) is 0 Å². The van der Waals surface area contributed by atoms with Gasteiger partial charge in [-0.3, -0.25) is 27.7 Å². The fourth-order valence-corrected chi connectivity index (χ4v) is 7.08. The first-order chi connectivity index (χ1) is 24.8. The summed E-state index contributed by atoms with van der Waals surface area (Å²) in [6, 6.07) is 0. The van der Waals surface area contributed by atoms with Gasteiger partial charge in [0.25, 0.3) is 0 Å². The normalized spacial score (nSPS) is 22.3. The second kappa shape index (κ2) is 20.0. The number of carbonyl (C=O) groups excluding carboxylic acids is 2. The molecule has 3 heterocycles. The molecule has 2 aromatic heterocycles. The summed E-state index contributed by atoms with van der Waals surface area (Å²) < 4.78 is 61.7. The van der Waals surface area contributed by atoms with Gasteiger partial charge in [0, 0.05) is 30.7 Å². The van der Waals surface area contributed by atoms with Crippen LogP contribution < -0.4 is 16.4 Å². The summed E-state index contributed by atoms with van der Waals surface area (Å²) in [5, 5.41) is 41.9. The summed E-state index contributed by atoms with van der Waals surface area (Å²) >= 11 is 3.95. The maximum absolute atomic E-state index is 12.6. The van der Waals surface area contributed by atoms with Gasteiger partial charge in [-0.1, -0.05) is 13.8 Å². The number of carboxylic acids is 1. The number of nitrogens with zero attached hydrogens (tertiary/aromatic N) is 4. The van der Waals surface area contributed by atoms with Crippen LogP contribution in [0.1, 0.15) is 33.4 Å². The van der Waals surface area contributed by atoms with Gasteiger partial charge >= 0.3 is 29.4 Å². The molecule has 1 saturated heterocycles. The minimum Gasteiger partial charge on any atom is -0.479 e. The molecular weight excluding hydrogens is 815 g/mol. The number of aliphatic hydroxyl groups excluding tert-OH is 3. The second-order valence-corrected chi connectivity index (χ2v) is 16.5. The molecule has 0 aliphatic carbocycles. The molecule has 26 nitrogen and oxygen atoms in total. The van der Waals surface area contributed by atoms with E-state index in [9.17, 15) is 57.9 Å². The summed E-state index contributed by atoms with van der Waals surface area (Å²) in [7, 11) is -16.3. The summed E-state index contributed by atoms with van der Waals surface area (Å²) in [5.41, 5.74) is 4.30. The van der Waals surface area contributed by atoms with Crippen molar-refractivity contribution < 1.29 is 90.7 Å². The van der Waals surface area contributed by atoms with Gasteiger partial charge in [0.2, 0.25) is 11.8 Å². The Morgan fingerprint density at radius 1 is 1.06 bits per heavy atom. The number of anilines is 1. The van der Waals surface area contributed by atoms with Crippen LogP contribution in [-0.4, -0.2) is 140 Å². The first kappa shape index (κ1) is 47.5. The number of nitrogen functional groups attached to an aromatic ring is 1. The number of nitrogens with two attached hydrogens (primary N) is 1. The maximum atomic E-state index is 12.6. The third-order valence-electron chi connectivity index (χ3n) is 6.87. The van der Waals surface area contributed by atoms with Crippen molar-refractivity contribution in [3.8, 4) is 0 Å². The number of nitrogens with one attached hydrogen (secondary N) is 2. The molecule has 12 N–H and O–H groups in total. The van der Waals surface area contributed by atoms with Crippen LogP contribution >= 0.6 is 36.1 Å². The van der Waals surface area contributed by atoms with Crippen LogP contribution in [-0.2, 0) is 50.7 Å². The van der Waals surface area contributed by atoms with E-state index in [1.54, 1.807) is 0 Å². The molecule has 1 aliphatic heterocycles. The maximum Gasteiger partial charge on any atom is 0.481 e. The lowest BCUT2D eigenvalue weighted by molar-refractivity contribution is -0.145. The Kier molecular flexibility index (Phi) is 17.5. The van der Waals surface area contributed by atoms with Crippen molar-refractivity contribution in [1.29, 1.82) is 0 Å². The van der Waals surface area contributed by atoms with Crippen molar-refractivity contribution in [2.75, 3.05) is 37.8 Å². The monoisotopic (exact) mass is 857 g/mol. The van der Waals surface area contributed by atoms with E-state index in [1.807, 2.05) is 0 Å². The lowest BCUT2D eigenvalue weighted by Crippen LogP contribution is -2.46. The van der Waals surface area contributed by atoms with E-state index in [-0.39, 0.29) is 35.9 Å². The van der Waals surface area contributed by atoms with Gasteiger partial charge in [0.15, 0.2) is 17.7 Å². The highest BCUT2D eigenvalue weighted by molar-refractivity contribution is 7.80. The molecule has 0 bridgehead atoms. The number of phosphoric ester groups is 3. The number of aliphatic hydroxyl groups is 3. The average molecular weight is 858 g/mol. The van der Waals surface area contributed by atoms with E-state index in [1.165, 1.54) is 20.8 Å². The SMILES string of the molecule is CC(C)(COP(=O)(O)OP(=O)(O)OC[C@H]1O[C@@H](n2cnc3c(N)ncnc32)[C@H](O)[C@@H]1OP(=O)(O)O)[C@@H](O)C(=O)NCCC(=O)NCCS.CC(O)C(=O)O. The summed E-state index contributed by atoms with van der Waals surface area (Å²) in [4.78, 5) is 84.1. The van der Waals surface area contributed by atoms with Crippen LogP contribution in [0.15, 0.2) is 12.7 Å². The Bertz CT molecular complexity index is 1750. The molecule has 8 atom stereocenters. The first-order valence-corrected chi connectivity index (χ1v) is 20.4. The highest BCUT2D eigenvalue weighted by atomic mass is 32.1. The Balaban J connectivity index is 0.00000155. The number of hydrogen-bond acceptors (Lipinski definition) is 19. The Morgan fingerprint density at radius 2 is 1.67 bits per heavy atom. The van der Waals surface area contributed by atoms with E-state index in [4.69, 9.17) is 29.7 Å². The number of thiol groups is 1. The van der Waals surface area contributed by atoms with E-state index >= 15 is 0 Å². The molecular formula is C24H42N7O19P3S. The van der Waals surface area contributed by atoms with Crippen LogP contribution in [0.25, 0.3) is 11.2 Å². The fraction of sp³-hybridized carbons (Fsp3) is 0.667. The molecule has 0 saturated carbocycles. The molecule has 0 aromatic carbocycles. The Labute approximate surface area is 311 Å². The zero-order chi connectivity index (χ0) is 41.2. The van der Waals surface area contributed by atoms with Crippen molar-refractivity contribution in [2.45, 2.75) is 63.9 Å². The molecule has 1 aliphatic rings. The number of carboxylic acid groups (broad SMARTS) is 1. The van der Waals surface area contributed by atoms with Crippen molar-refractivity contribution in [1.82, 2.24) is 30.2 Å². The van der Waals surface area contributed by atoms with Crippen LogP contribution in [0, 0.1) is 5.41 Å². The fourth-order valence-electron chi connectivity index (χ4n) is 4.14. The molecule has 1 fully saturated rings. The smallest absolute Gasteiger partial charge is 0.479 e. The number of fused-ring (bicyclic) bond motifs is 1. The molecule has 30 heteroatoms. The van der Waals surface area contributed by atoms with Gasteiger partial charge < -0.3 is 61.1 Å². The van der Waals surface area contributed by atoms with Crippen molar-refractivity contribution in [3.63, 3.8) is 0 Å². The van der Waals surface area contributed by atoms with Crippen LogP contribution in [0.5, 0.6) is 0 Å². The van der Waals surface area contributed by atoms with Gasteiger partial charge in [-0.2, -0.15) is 16.9 Å². The quantitative estimate of drug-likeness (QED) is 0.0526. The Hall–Kier alpha value is -2.68. The molecule has 2 aromatic rings. The molecule has 0 spiro atoms. The largest absolute Gasteiger partial charge is 0.481 e. The summed E-state index contributed by atoms with van der Waals surface area (Å²) in [5.74, 6) is -2.13. The van der Waals surface area contributed by atoms with Crippen molar-refractivity contribution in [2.24, 2.45) is 5.41 Å². The van der Waals surface area contributed by atoms with E-state index < -0.39 is 90.7 Å². The third kappa shape index (κ3) is 14.8.